The molecule has 0 atom stereocenters. The Kier molecular flexibility index (Phi) is 5.41. The van der Waals surface area contributed by atoms with Gasteiger partial charge in [-0.3, -0.25) is 9.78 Å². The van der Waals surface area contributed by atoms with Crippen molar-refractivity contribution in [2.24, 2.45) is 0 Å². The summed E-state index contributed by atoms with van der Waals surface area (Å²) in [5, 5.41) is 0. The fourth-order valence-corrected chi connectivity index (χ4v) is 2.79. The number of pyridine rings is 1. The van der Waals surface area contributed by atoms with Gasteiger partial charge in [0, 0.05) is 36.5 Å². The number of carbonyl (C=O) groups excluding carboxylic acids is 1. The van der Waals surface area contributed by atoms with Gasteiger partial charge in [0.25, 0.3) is 5.91 Å². The van der Waals surface area contributed by atoms with E-state index in [2.05, 4.69) is 21.9 Å². The second kappa shape index (κ2) is 7.91. The molecule has 134 valence electrons. The van der Waals surface area contributed by atoms with Gasteiger partial charge in [0.2, 0.25) is 5.88 Å². The first-order valence-electron chi connectivity index (χ1n) is 8.72. The summed E-state index contributed by atoms with van der Waals surface area (Å²) in [6.07, 6.45) is 4.34. The zero-order valence-electron chi connectivity index (χ0n) is 15.3. The first-order chi connectivity index (χ1) is 12.7. The molecule has 0 bridgehead atoms. The van der Waals surface area contributed by atoms with Gasteiger partial charge in [-0.2, -0.15) is 0 Å². The average Bonchev–Trinajstić information content (AvgIpc) is 2.70. The predicted molar refractivity (Wildman–Crippen MR) is 101 cm³/mol. The maximum atomic E-state index is 12.7. The molecule has 0 fully saturated rings. The maximum absolute atomic E-state index is 12.7. The zero-order chi connectivity index (χ0) is 18.5. The molecule has 0 aliphatic carbocycles. The summed E-state index contributed by atoms with van der Waals surface area (Å²) in [6, 6.07) is 9.13. The molecule has 1 amide bonds. The van der Waals surface area contributed by atoms with Gasteiger partial charge in [-0.25, -0.2) is 9.97 Å². The van der Waals surface area contributed by atoms with Gasteiger partial charge in [0.05, 0.1) is 30.0 Å². The van der Waals surface area contributed by atoms with Crippen molar-refractivity contribution >= 4 is 16.9 Å². The van der Waals surface area contributed by atoms with Gasteiger partial charge in [-0.15, -0.1) is 0 Å². The van der Waals surface area contributed by atoms with E-state index >= 15 is 0 Å². The topological polar surface area (TPSA) is 68.2 Å². The molecule has 3 aromatic rings. The summed E-state index contributed by atoms with van der Waals surface area (Å²) in [5.41, 5.74) is 3.63. The Morgan fingerprint density at radius 3 is 2.58 bits per heavy atom. The van der Waals surface area contributed by atoms with E-state index in [1.165, 1.54) is 0 Å². The number of carbonyl (C=O) groups is 1. The van der Waals surface area contributed by atoms with Crippen molar-refractivity contribution in [3.63, 3.8) is 0 Å². The lowest BCUT2D eigenvalue weighted by atomic mass is 10.1. The minimum Gasteiger partial charge on any atom is -0.481 e. The number of benzene rings is 1. The van der Waals surface area contributed by atoms with Crippen LogP contribution in [0.5, 0.6) is 5.88 Å². The number of aromatic nitrogens is 3. The van der Waals surface area contributed by atoms with Crippen LogP contribution in [0.1, 0.15) is 30.6 Å². The Labute approximate surface area is 152 Å². The highest BCUT2D eigenvalue weighted by Crippen LogP contribution is 2.21. The molecule has 0 saturated heterocycles. The smallest absolute Gasteiger partial charge is 0.253 e. The minimum atomic E-state index is 0.0227. The molecule has 0 radical (unpaired) electrons. The molecule has 1 aromatic carbocycles. The van der Waals surface area contributed by atoms with Crippen LogP contribution in [0.3, 0.4) is 0 Å². The first-order valence-corrected chi connectivity index (χ1v) is 8.72. The van der Waals surface area contributed by atoms with Crippen LogP contribution < -0.4 is 4.74 Å². The molecular weight excluding hydrogens is 328 g/mol. The van der Waals surface area contributed by atoms with Crippen molar-refractivity contribution < 1.29 is 9.53 Å². The Morgan fingerprint density at radius 1 is 1.08 bits per heavy atom. The van der Waals surface area contributed by atoms with E-state index in [1.807, 2.05) is 36.1 Å². The van der Waals surface area contributed by atoms with Crippen LogP contribution in [0.15, 0.2) is 42.7 Å². The lowest BCUT2D eigenvalue weighted by molar-refractivity contribution is 0.0764. The van der Waals surface area contributed by atoms with Gasteiger partial charge in [-0.1, -0.05) is 6.92 Å². The molecule has 0 aliphatic rings. The van der Waals surface area contributed by atoms with Crippen molar-refractivity contribution in [1.29, 1.82) is 0 Å². The highest BCUT2D eigenvalue weighted by Gasteiger charge is 2.14. The van der Waals surface area contributed by atoms with Gasteiger partial charge < -0.3 is 9.64 Å². The second-order valence-electron chi connectivity index (χ2n) is 5.93. The number of hydrogen-bond acceptors (Lipinski definition) is 5. The first kappa shape index (κ1) is 17.8. The van der Waals surface area contributed by atoms with Crippen LogP contribution in [-0.2, 0) is 0 Å². The molecule has 0 unspecified atom stereocenters. The Bertz CT molecular complexity index is 909. The summed E-state index contributed by atoms with van der Waals surface area (Å²) < 4.78 is 5.08. The fourth-order valence-electron chi connectivity index (χ4n) is 2.79. The van der Waals surface area contributed by atoms with E-state index in [4.69, 9.17) is 4.74 Å². The third-order valence-electron chi connectivity index (χ3n) is 4.19. The van der Waals surface area contributed by atoms with Gasteiger partial charge >= 0.3 is 0 Å². The number of nitrogens with zero attached hydrogens (tertiary/aromatic N) is 4. The molecule has 6 heteroatoms. The number of amides is 1. The van der Waals surface area contributed by atoms with E-state index in [-0.39, 0.29) is 5.91 Å². The zero-order valence-corrected chi connectivity index (χ0v) is 15.3. The minimum absolute atomic E-state index is 0.0227. The lowest BCUT2D eigenvalue weighted by Crippen LogP contribution is -2.31. The highest BCUT2D eigenvalue weighted by molar-refractivity contribution is 5.97. The van der Waals surface area contributed by atoms with Crippen molar-refractivity contribution in [3.05, 3.63) is 48.3 Å². The van der Waals surface area contributed by atoms with Gasteiger partial charge in [0.1, 0.15) is 0 Å². The monoisotopic (exact) mass is 350 g/mol. The molecule has 0 aliphatic heterocycles. The normalized spacial score (nSPS) is 10.7. The Hall–Kier alpha value is -3.02. The summed E-state index contributed by atoms with van der Waals surface area (Å²) in [7, 11) is 1.58. The van der Waals surface area contributed by atoms with E-state index in [9.17, 15) is 4.79 Å². The second-order valence-corrected chi connectivity index (χ2v) is 5.93. The van der Waals surface area contributed by atoms with Crippen LogP contribution in [0.4, 0.5) is 0 Å². The van der Waals surface area contributed by atoms with Gasteiger partial charge in [0.15, 0.2) is 0 Å². The van der Waals surface area contributed by atoms with Crippen LogP contribution in [0.25, 0.3) is 22.3 Å². The number of ether oxygens (including phenoxy) is 1. The molecule has 0 spiro atoms. The summed E-state index contributed by atoms with van der Waals surface area (Å²) in [5.74, 6) is 0.570. The highest BCUT2D eigenvalue weighted by atomic mass is 16.5. The van der Waals surface area contributed by atoms with Crippen molar-refractivity contribution in [3.8, 4) is 17.1 Å². The van der Waals surface area contributed by atoms with Crippen LogP contribution >= 0.6 is 0 Å². The SMILES string of the molecule is CCCN(CC)C(=O)c1ccc2ncc(-c3ccc(OC)nc3)nc2c1. The standard InChI is InChI=1S/C20H22N4O2/c1-4-10-24(5-2)20(25)14-6-8-16-17(11-14)23-18(13-21-16)15-7-9-19(26-3)22-12-15/h6-9,11-13H,4-5,10H2,1-3H3. The average molecular weight is 350 g/mol. The quantitative estimate of drug-likeness (QED) is 0.680. The third kappa shape index (κ3) is 3.64. The molecule has 0 N–H and O–H groups in total. The summed E-state index contributed by atoms with van der Waals surface area (Å²) in [4.78, 5) is 27.8. The van der Waals surface area contributed by atoms with E-state index in [0.29, 0.717) is 29.2 Å². The molecule has 2 aromatic heterocycles. The predicted octanol–water partition coefficient (Wildman–Crippen LogP) is 3.57. The molecule has 6 nitrogen and oxygen atoms in total. The molecule has 0 saturated carbocycles. The fraction of sp³-hybridized carbons (Fsp3) is 0.300. The van der Waals surface area contributed by atoms with Crippen LogP contribution in [-0.4, -0.2) is 46.0 Å². The number of fused-ring (bicyclic) bond motifs is 1. The number of rotatable bonds is 6. The van der Waals surface area contributed by atoms with Crippen molar-refractivity contribution in [2.45, 2.75) is 20.3 Å². The summed E-state index contributed by atoms with van der Waals surface area (Å²) >= 11 is 0. The molecule has 3 rings (SSSR count). The van der Waals surface area contributed by atoms with Crippen molar-refractivity contribution in [2.75, 3.05) is 20.2 Å². The largest absolute Gasteiger partial charge is 0.481 e. The van der Waals surface area contributed by atoms with E-state index < -0.39 is 0 Å². The molecular formula is C20H22N4O2. The van der Waals surface area contributed by atoms with E-state index in [1.54, 1.807) is 25.6 Å². The maximum Gasteiger partial charge on any atom is 0.253 e. The third-order valence-corrected chi connectivity index (χ3v) is 4.19. The Balaban J connectivity index is 1.96. The number of hydrogen-bond donors (Lipinski definition) is 0. The van der Waals surface area contributed by atoms with Crippen LogP contribution in [0.2, 0.25) is 0 Å². The Morgan fingerprint density at radius 2 is 1.92 bits per heavy atom. The lowest BCUT2D eigenvalue weighted by Gasteiger charge is -2.20. The molecule has 26 heavy (non-hydrogen) atoms. The molecule has 2 heterocycles. The summed E-state index contributed by atoms with van der Waals surface area (Å²) in [6.45, 7) is 5.49. The van der Waals surface area contributed by atoms with Crippen molar-refractivity contribution in [1.82, 2.24) is 19.9 Å². The van der Waals surface area contributed by atoms with E-state index in [0.717, 1.165) is 24.0 Å². The van der Waals surface area contributed by atoms with Gasteiger partial charge in [-0.05, 0) is 37.6 Å². The number of methoxy groups -OCH3 is 1. The van der Waals surface area contributed by atoms with Crippen LogP contribution in [0, 0.1) is 0 Å².